The van der Waals surface area contributed by atoms with E-state index in [0.717, 1.165) is 25.2 Å². The second kappa shape index (κ2) is 5.03. The van der Waals surface area contributed by atoms with Crippen LogP contribution in [0.3, 0.4) is 0 Å². The van der Waals surface area contributed by atoms with E-state index in [4.69, 9.17) is 4.74 Å². The summed E-state index contributed by atoms with van der Waals surface area (Å²) in [7, 11) is 0. The maximum absolute atomic E-state index is 11.4. The zero-order chi connectivity index (χ0) is 11.4. The zero-order valence-electron chi connectivity index (χ0n) is 10.0. The lowest BCUT2D eigenvalue weighted by molar-refractivity contribution is -0.154. The van der Waals surface area contributed by atoms with Gasteiger partial charge < -0.3 is 4.74 Å². The monoisotopic (exact) mass is 222 g/mol. The summed E-state index contributed by atoms with van der Waals surface area (Å²) in [5, 5.41) is 0. The van der Waals surface area contributed by atoms with Crippen molar-refractivity contribution in [2.24, 2.45) is 5.92 Å². The quantitative estimate of drug-likeness (QED) is 0.527. The molecule has 0 spiro atoms. The number of ether oxygens (including phenoxy) is 1. The van der Waals surface area contributed by atoms with Gasteiger partial charge >= 0.3 is 5.97 Å². The summed E-state index contributed by atoms with van der Waals surface area (Å²) in [5.41, 5.74) is -0.139. The third-order valence-electron chi connectivity index (χ3n) is 4.15. The van der Waals surface area contributed by atoms with Crippen LogP contribution in [-0.4, -0.2) is 11.6 Å². The molecule has 2 aliphatic carbocycles. The number of hydrogen-bond donors (Lipinski definition) is 0. The maximum atomic E-state index is 11.4. The number of rotatable bonds is 2. The minimum absolute atomic E-state index is 0.139. The van der Waals surface area contributed by atoms with Crippen molar-refractivity contribution in [3.63, 3.8) is 0 Å². The van der Waals surface area contributed by atoms with E-state index in [9.17, 15) is 4.79 Å². The summed E-state index contributed by atoms with van der Waals surface area (Å²) in [5.74, 6) is 0.551. The van der Waals surface area contributed by atoms with Crippen LogP contribution in [0.15, 0.2) is 12.7 Å². The molecule has 16 heavy (non-hydrogen) atoms. The Kier molecular flexibility index (Phi) is 3.67. The van der Waals surface area contributed by atoms with Crippen molar-refractivity contribution in [2.75, 3.05) is 0 Å². The molecule has 2 aliphatic rings. The first-order valence-corrected chi connectivity index (χ1v) is 6.59. The van der Waals surface area contributed by atoms with E-state index in [1.54, 1.807) is 0 Å². The lowest BCUT2D eigenvalue weighted by atomic mass is 9.93. The summed E-state index contributed by atoms with van der Waals surface area (Å²) in [4.78, 5) is 11.4. The summed E-state index contributed by atoms with van der Waals surface area (Å²) in [6.07, 6.45) is 12.3. The minimum Gasteiger partial charge on any atom is -0.456 e. The third kappa shape index (κ3) is 2.66. The topological polar surface area (TPSA) is 26.3 Å². The lowest BCUT2D eigenvalue weighted by Crippen LogP contribution is -2.31. The Hall–Kier alpha value is -0.790. The molecular weight excluding hydrogens is 200 g/mol. The smallest absolute Gasteiger partial charge is 0.330 e. The van der Waals surface area contributed by atoms with Gasteiger partial charge in [-0.15, -0.1) is 0 Å². The average molecular weight is 222 g/mol. The number of esters is 1. The number of carbonyl (C=O) groups excluding carboxylic acids is 1. The molecule has 2 bridgehead atoms. The molecule has 0 amide bonds. The molecule has 0 aromatic heterocycles. The number of fused-ring (bicyclic) bond motifs is 2. The van der Waals surface area contributed by atoms with Crippen molar-refractivity contribution >= 4 is 5.97 Å². The van der Waals surface area contributed by atoms with Gasteiger partial charge in [-0.3, -0.25) is 0 Å². The van der Waals surface area contributed by atoms with Crippen LogP contribution >= 0.6 is 0 Å². The first kappa shape index (κ1) is 11.7. The molecule has 2 fully saturated rings. The third-order valence-corrected chi connectivity index (χ3v) is 4.15. The molecule has 90 valence electrons. The molecule has 2 atom stereocenters. The van der Waals surface area contributed by atoms with Crippen LogP contribution in [0.1, 0.15) is 57.8 Å². The summed E-state index contributed by atoms with van der Waals surface area (Å²) < 4.78 is 5.65. The Bertz CT molecular complexity index is 272. The van der Waals surface area contributed by atoms with E-state index < -0.39 is 0 Å². The van der Waals surface area contributed by atoms with Gasteiger partial charge in [0, 0.05) is 6.08 Å². The summed E-state index contributed by atoms with van der Waals surface area (Å²) in [6, 6.07) is 0. The summed E-state index contributed by atoms with van der Waals surface area (Å²) in [6.45, 7) is 3.49. The second-order valence-corrected chi connectivity index (χ2v) is 5.37. The maximum Gasteiger partial charge on any atom is 0.330 e. The summed E-state index contributed by atoms with van der Waals surface area (Å²) >= 11 is 0. The van der Waals surface area contributed by atoms with Crippen molar-refractivity contribution in [1.82, 2.24) is 0 Å². The Morgan fingerprint density at radius 2 is 2.00 bits per heavy atom. The van der Waals surface area contributed by atoms with E-state index in [1.165, 1.54) is 44.6 Å². The molecule has 0 aromatic carbocycles. The van der Waals surface area contributed by atoms with Crippen LogP contribution in [0.5, 0.6) is 0 Å². The van der Waals surface area contributed by atoms with Gasteiger partial charge in [0.1, 0.15) is 5.60 Å². The molecule has 0 N–H and O–H groups in total. The van der Waals surface area contributed by atoms with Crippen LogP contribution in [0.2, 0.25) is 0 Å². The molecule has 2 nitrogen and oxygen atoms in total. The predicted octanol–water partition coefficient (Wildman–Crippen LogP) is 3.61. The molecule has 0 radical (unpaired) electrons. The SMILES string of the molecule is C=CC(=O)OC12CCCCCCC(CC1)C2. The number of carbonyl (C=O) groups is 1. The van der Waals surface area contributed by atoms with Crippen LogP contribution in [-0.2, 0) is 9.53 Å². The van der Waals surface area contributed by atoms with Crippen molar-refractivity contribution in [3.8, 4) is 0 Å². The van der Waals surface area contributed by atoms with Gasteiger partial charge in [-0.05, 0) is 38.0 Å². The van der Waals surface area contributed by atoms with Crippen LogP contribution in [0.25, 0.3) is 0 Å². The molecule has 2 rings (SSSR count). The van der Waals surface area contributed by atoms with Gasteiger partial charge in [-0.2, -0.15) is 0 Å². The molecular formula is C14H22O2. The molecule has 2 saturated carbocycles. The molecule has 2 heteroatoms. The largest absolute Gasteiger partial charge is 0.456 e. The number of hydrogen-bond acceptors (Lipinski definition) is 2. The first-order chi connectivity index (χ1) is 7.74. The van der Waals surface area contributed by atoms with E-state index in [1.807, 2.05) is 0 Å². The van der Waals surface area contributed by atoms with Crippen molar-refractivity contribution in [2.45, 2.75) is 63.4 Å². The van der Waals surface area contributed by atoms with Gasteiger partial charge in [0.15, 0.2) is 0 Å². The zero-order valence-corrected chi connectivity index (χ0v) is 10.0. The van der Waals surface area contributed by atoms with Crippen LogP contribution in [0, 0.1) is 5.92 Å². The molecule has 0 aromatic rings. The molecule has 2 unspecified atom stereocenters. The van der Waals surface area contributed by atoms with E-state index in [0.29, 0.717) is 0 Å². The standard InChI is InChI=1S/C14H22O2/c1-2-13(15)16-14-9-6-4-3-5-7-12(11-14)8-10-14/h2,12H,1,3-11H2. The van der Waals surface area contributed by atoms with E-state index in [-0.39, 0.29) is 11.6 Å². The predicted molar refractivity (Wildman–Crippen MR) is 64.1 cm³/mol. The van der Waals surface area contributed by atoms with Crippen LogP contribution in [0.4, 0.5) is 0 Å². The second-order valence-electron chi connectivity index (χ2n) is 5.37. The van der Waals surface area contributed by atoms with Gasteiger partial charge in [0.05, 0.1) is 0 Å². The Balaban J connectivity index is 2.04. The van der Waals surface area contributed by atoms with Crippen LogP contribution < -0.4 is 0 Å². The van der Waals surface area contributed by atoms with Crippen molar-refractivity contribution < 1.29 is 9.53 Å². The Labute approximate surface area is 98.1 Å². The van der Waals surface area contributed by atoms with E-state index in [2.05, 4.69) is 6.58 Å². The highest BCUT2D eigenvalue weighted by Crippen LogP contribution is 2.44. The Morgan fingerprint density at radius 3 is 2.81 bits per heavy atom. The highest BCUT2D eigenvalue weighted by molar-refractivity contribution is 5.81. The molecule has 0 aliphatic heterocycles. The van der Waals surface area contributed by atoms with Gasteiger partial charge in [-0.1, -0.05) is 32.3 Å². The van der Waals surface area contributed by atoms with Gasteiger partial charge in [0.25, 0.3) is 0 Å². The highest BCUT2D eigenvalue weighted by Gasteiger charge is 2.41. The van der Waals surface area contributed by atoms with Crippen molar-refractivity contribution in [3.05, 3.63) is 12.7 Å². The normalized spacial score (nSPS) is 34.6. The molecule has 0 heterocycles. The van der Waals surface area contributed by atoms with Gasteiger partial charge in [0.2, 0.25) is 0 Å². The lowest BCUT2D eigenvalue weighted by Gasteiger charge is -2.28. The fourth-order valence-corrected chi connectivity index (χ4v) is 3.30. The van der Waals surface area contributed by atoms with E-state index >= 15 is 0 Å². The minimum atomic E-state index is -0.236. The Morgan fingerprint density at radius 1 is 1.19 bits per heavy atom. The van der Waals surface area contributed by atoms with Gasteiger partial charge in [-0.25, -0.2) is 4.79 Å². The molecule has 0 saturated heterocycles. The fraction of sp³-hybridized carbons (Fsp3) is 0.786. The highest BCUT2D eigenvalue weighted by atomic mass is 16.6. The average Bonchev–Trinajstić information content (AvgIpc) is 2.71. The van der Waals surface area contributed by atoms with Crippen molar-refractivity contribution in [1.29, 1.82) is 0 Å². The first-order valence-electron chi connectivity index (χ1n) is 6.59. The fourth-order valence-electron chi connectivity index (χ4n) is 3.30.